The van der Waals surface area contributed by atoms with Crippen LogP contribution in [0.2, 0.25) is 0 Å². The minimum atomic E-state index is -0.288. The Bertz CT molecular complexity index is 651. The second-order valence-corrected chi connectivity index (χ2v) is 5.23. The second-order valence-electron chi connectivity index (χ2n) is 4.82. The summed E-state index contributed by atoms with van der Waals surface area (Å²) in [5.41, 5.74) is 5.50. The van der Waals surface area contributed by atoms with Gasteiger partial charge in [-0.3, -0.25) is 5.43 Å². The molecular weight excluding hydrogens is 299 g/mol. The molecule has 6 heteroatoms. The summed E-state index contributed by atoms with van der Waals surface area (Å²) >= 11 is 5.10. The zero-order valence-electron chi connectivity index (χ0n) is 12.4. The molecule has 0 fully saturated rings. The van der Waals surface area contributed by atoms with Crippen LogP contribution >= 0.6 is 12.2 Å². The fourth-order valence-electron chi connectivity index (χ4n) is 1.72. The van der Waals surface area contributed by atoms with E-state index in [-0.39, 0.29) is 5.82 Å². The molecule has 0 amide bonds. The van der Waals surface area contributed by atoms with E-state index in [1.165, 1.54) is 12.1 Å². The highest BCUT2D eigenvalue weighted by molar-refractivity contribution is 7.80. The van der Waals surface area contributed by atoms with E-state index in [2.05, 4.69) is 15.8 Å². The van der Waals surface area contributed by atoms with Gasteiger partial charge in [0.15, 0.2) is 5.11 Å². The Kier molecular flexibility index (Phi) is 5.43. The smallest absolute Gasteiger partial charge is 0.191 e. The molecule has 4 nitrogen and oxygen atoms in total. The molecule has 0 aliphatic heterocycles. The molecule has 0 saturated heterocycles. The maximum atomic E-state index is 12.8. The number of nitrogens with zero attached hydrogens (tertiary/aromatic N) is 2. The number of anilines is 2. The van der Waals surface area contributed by atoms with E-state index in [0.29, 0.717) is 10.8 Å². The van der Waals surface area contributed by atoms with E-state index in [9.17, 15) is 4.39 Å². The monoisotopic (exact) mass is 316 g/mol. The van der Waals surface area contributed by atoms with Crippen molar-refractivity contribution in [2.24, 2.45) is 5.10 Å². The summed E-state index contributed by atoms with van der Waals surface area (Å²) < 4.78 is 12.8. The van der Waals surface area contributed by atoms with E-state index in [1.54, 1.807) is 18.3 Å². The lowest BCUT2D eigenvalue weighted by atomic mass is 10.2. The van der Waals surface area contributed by atoms with Gasteiger partial charge < -0.3 is 10.2 Å². The van der Waals surface area contributed by atoms with Gasteiger partial charge in [0, 0.05) is 25.5 Å². The molecule has 0 aliphatic carbocycles. The van der Waals surface area contributed by atoms with Gasteiger partial charge in [-0.2, -0.15) is 5.10 Å². The first-order valence-corrected chi connectivity index (χ1v) is 7.08. The Morgan fingerprint density at radius 3 is 2.32 bits per heavy atom. The van der Waals surface area contributed by atoms with Crippen molar-refractivity contribution in [2.75, 3.05) is 24.3 Å². The van der Waals surface area contributed by atoms with Crippen LogP contribution in [0.1, 0.15) is 5.56 Å². The van der Waals surface area contributed by atoms with Crippen LogP contribution in [0.25, 0.3) is 0 Å². The molecule has 114 valence electrons. The SMILES string of the molecule is CN(C)c1ccc(/C=N/NC(=S)Nc2ccc(F)cc2)cc1. The van der Waals surface area contributed by atoms with Crippen molar-refractivity contribution < 1.29 is 4.39 Å². The number of thiocarbonyl (C=S) groups is 1. The molecule has 0 radical (unpaired) electrons. The zero-order valence-corrected chi connectivity index (χ0v) is 13.2. The maximum Gasteiger partial charge on any atom is 0.191 e. The van der Waals surface area contributed by atoms with Crippen LogP contribution in [0.5, 0.6) is 0 Å². The number of hydrogen-bond acceptors (Lipinski definition) is 3. The molecule has 0 unspecified atom stereocenters. The zero-order chi connectivity index (χ0) is 15.9. The summed E-state index contributed by atoms with van der Waals surface area (Å²) in [5, 5.41) is 7.32. The van der Waals surface area contributed by atoms with Crippen LogP contribution in [0.4, 0.5) is 15.8 Å². The largest absolute Gasteiger partial charge is 0.378 e. The van der Waals surface area contributed by atoms with E-state index >= 15 is 0 Å². The first-order valence-electron chi connectivity index (χ1n) is 6.67. The Morgan fingerprint density at radius 2 is 1.73 bits per heavy atom. The number of halogens is 1. The van der Waals surface area contributed by atoms with Gasteiger partial charge in [0.2, 0.25) is 0 Å². The molecular formula is C16H17FN4S. The van der Waals surface area contributed by atoms with Crippen LogP contribution < -0.4 is 15.6 Å². The molecule has 0 spiro atoms. The standard InChI is InChI=1S/C16H17FN4S/c1-21(2)15-9-3-12(4-10-15)11-18-20-16(22)19-14-7-5-13(17)6-8-14/h3-11H,1-2H3,(H2,19,20,22)/b18-11+. The molecule has 2 aromatic carbocycles. The van der Waals surface area contributed by atoms with Crippen LogP contribution in [-0.4, -0.2) is 25.4 Å². The lowest BCUT2D eigenvalue weighted by Gasteiger charge is -2.11. The normalized spacial score (nSPS) is 10.5. The van der Waals surface area contributed by atoms with Gasteiger partial charge in [0.1, 0.15) is 5.82 Å². The first kappa shape index (κ1) is 15.9. The molecule has 0 aliphatic rings. The quantitative estimate of drug-likeness (QED) is 0.516. The minimum absolute atomic E-state index is 0.288. The summed E-state index contributed by atoms with van der Waals surface area (Å²) in [6, 6.07) is 13.9. The van der Waals surface area contributed by atoms with Crippen molar-refractivity contribution in [1.82, 2.24) is 5.43 Å². The number of benzene rings is 2. The van der Waals surface area contributed by atoms with Crippen molar-refractivity contribution >= 4 is 34.9 Å². The van der Waals surface area contributed by atoms with Crippen molar-refractivity contribution in [2.45, 2.75) is 0 Å². The highest BCUT2D eigenvalue weighted by Gasteiger charge is 1.97. The van der Waals surface area contributed by atoms with E-state index in [1.807, 2.05) is 43.3 Å². The van der Waals surface area contributed by atoms with Crippen molar-refractivity contribution in [3.63, 3.8) is 0 Å². The third-order valence-corrected chi connectivity index (χ3v) is 3.08. The topological polar surface area (TPSA) is 39.7 Å². The first-order chi connectivity index (χ1) is 10.5. The van der Waals surface area contributed by atoms with Crippen LogP contribution in [-0.2, 0) is 0 Å². The average Bonchev–Trinajstić information content (AvgIpc) is 2.50. The minimum Gasteiger partial charge on any atom is -0.378 e. The van der Waals surface area contributed by atoms with Gasteiger partial charge in [0.05, 0.1) is 6.21 Å². The van der Waals surface area contributed by atoms with E-state index < -0.39 is 0 Å². The summed E-state index contributed by atoms with van der Waals surface area (Å²) in [6.45, 7) is 0. The molecule has 0 heterocycles. The molecule has 22 heavy (non-hydrogen) atoms. The molecule has 0 atom stereocenters. The number of hydrazone groups is 1. The van der Waals surface area contributed by atoms with Crippen molar-refractivity contribution in [1.29, 1.82) is 0 Å². The number of rotatable bonds is 4. The average molecular weight is 316 g/mol. The highest BCUT2D eigenvalue weighted by atomic mass is 32.1. The van der Waals surface area contributed by atoms with Gasteiger partial charge in [0.25, 0.3) is 0 Å². The Labute approximate surface area is 134 Å². The molecule has 0 saturated carbocycles. The lowest BCUT2D eigenvalue weighted by Crippen LogP contribution is -2.23. The Morgan fingerprint density at radius 1 is 1.09 bits per heavy atom. The molecule has 2 rings (SSSR count). The Hall–Kier alpha value is -2.47. The Balaban J connectivity index is 1.86. The predicted molar refractivity (Wildman–Crippen MR) is 94.1 cm³/mol. The van der Waals surface area contributed by atoms with Crippen LogP contribution in [0, 0.1) is 5.82 Å². The molecule has 0 bridgehead atoms. The third kappa shape index (κ3) is 4.82. The molecule has 0 aromatic heterocycles. The van der Waals surface area contributed by atoms with E-state index in [4.69, 9.17) is 12.2 Å². The number of nitrogens with one attached hydrogen (secondary N) is 2. The van der Waals surface area contributed by atoms with Crippen molar-refractivity contribution in [3.8, 4) is 0 Å². The van der Waals surface area contributed by atoms with E-state index in [0.717, 1.165) is 11.3 Å². The van der Waals surface area contributed by atoms with Gasteiger partial charge in [-0.05, 0) is 54.2 Å². The van der Waals surface area contributed by atoms with Gasteiger partial charge in [-0.25, -0.2) is 4.39 Å². The van der Waals surface area contributed by atoms with Gasteiger partial charge in [-0.1, -0.05) is 12.1 Å². The summed E-state index contributed by atoms with van der Waals surface area (Å²) in [6.07, 6.45) is 1.68. The van der Waals surface area contributed by atoms with Crippen molar-refractivity contribution in [3.05, 3.63) is 59.9 Å². The van der Waals surface area contributed by atoms with Crippen LogP contribution in [0.15, 0.2) is 53.6 Å². The lowest BCUT2D eigenvalue weighted by molar-refractivity contribution is 0.628. The predicted octanol–water partition coefficient (Wildman–Crippen LogP) is 3.21. The molecule has 2 N–H and O–H groups in total. The fourth-order valence-corrected chi connectivity index (χ4v) is 1.89. The van der Waals surface area contributed by atoms with Crippen LogP contribution in [0.3, 0.4) is 0 Å². The highest BCUT2D eigenvalue weighted by Crippen LogP contribution is 2.11. The fraction of sp³-hybridized carbons (Fsp3) is 0.125. The third-order valence-electron chi connectivity index (χ3n) is 2.89. The summed E-state index contributed by atoms with van der Waals surface area (Å²) in [7, 11) is 3.98. The maximum absolute atomic E-state index is 12.8. The van der Waals surface area contributed by atoms with Gasteiger partial charge in [-0.15, -0.1) is 0 Å². The number of hydrogen-bond donors (Lipinski definition) is 2. The summed E-state index contributed by atoms with van der Waals surface area (Å²) in [4.78, 5) is 2.03. The van der Waals surface area contributed by atoms with Gasteiger partial charge >= 0.3 is 0 Å². The summed E-state index contributed by atoms with van der Waals surface area (Å²) in [5.74, 6) is -0.288. The second kappa shape index (κ2) is 7.51. The molecule has 2 aromatic rings.